The lowest BCUT2D eigenvalue weighted by Gasteiger charge is -2.07. The molecular weight excluding hydrogens is 232 g/mol. The molecule has 0 N–H and O–H groups in total. The minimum absolute atomic E-state index is 0.207. The van der Waals surface area contributed by atoms with Crippen LogP contribution in [-0.4, -0.2) is 22.9 Å². The average Bonchev–Trinajstić information content (AvgIpc) is 2.41. The van der Waals surface area contributed by atoms with Crippen molar-refractivity contribution in [1.29, 1.82) is 0 Å². The summed E-state index contributed by atoms with van der Waals surface area (Å²) in [6, 6.07) is 9.24. The van der Waals surface area contributed by atoms with E-state index in [9.17, 15) is 9.59 Å². The van der Waals surface area contributed by atoms with Gasteiger partial charge in [0.05, 0.1) is 12.8 Å². The van der Waals surface area contributed by atoms with Crippen LogP contribution in [0, 0.1) is 6.92 Å². The van der Waals surface area contributed by atoms with Gasteiger partial charge in [0.25, 0.3) is 0 Å². The zero-order valence-electron chi connectivity index (χ0n) is 10.1. The molecule has 92 valence electrons. The van der Waals surface area contributed by atoms with Gasteiger partial charge in [0.15, 0.2) is 0 Å². The highest BCUT2D eigenvalue weighted by molar-refractivity contribution is 5.86. The van der Waals surface area contributed by atoms with E-state index in [0.29, 0.717) is 5.56 Å². The van der Waals surface area contributed by atoms with Gasteiger partial charge in [-0.2, -0.15) is 5.10 Å². The van der Waals surface area contributed by atoms with Crippen molar-refractivity contribution in [2.45, 2.75) is 6.92 Å². The SMILES string of the molecule is COC(=O)c1nn(-c2ccccc2)cc(C)c1=O. The van der Waals surface area contributed by atoms with Crippen LogP contribution in [-0.2, 0) is 4.74 Å². The van der Waals surface area contributed by atoms with Crippen LogP contribution in [0.2, 0.25) is 0 Å². The lowest BCUT2D eigenvalue weighted by atomic mass is 10.2. The van der Waals surface area contributed by atoms with E-state index in [1.807, 2.05) is 30.3 Å². The third-order valence-corrected chi connectivity index (χ3v) is 2.50. The molecule has 0 fully saturated rings. The van der Waals surface area contributed by atoms with Crippen molar-refractivity contribution in [1.82, 2.24) is 9.78 Å². The number of carbonyl (C=O) groups excluding carboxylic acids is 1. The van der Waals surface area contributed by atoms with Crippen molar-refractivity contribution in [2.75, 3.05) is 7.11 Å². The number of para-hydroxylation sites is 1. The summed E-state index contributed by atoms with van der Waals surface area (Å²) >= 11 is 0. The van der Waals surface area contributed by atoms with E-state index < -0.39 is 11.4 Å². The Bertz CT molecular complexity index is 632. The van der Waals surface area contributed by atoms with Gasteiger partial charge in [-0.25, -0.2) is 9.48 Å². The Kier molecular flexibility index (Phi) is 3.23. The second kappa shape index (κ2) is 4.83. The van der Waals surface area contributed by atoms with Gasteiger partial charge in [-0.1, -0.05) is 18.2 Å². The average molecular weight is 244 g/mol. The van der Waals surface area contributed by atoms with E-state index in [0.717, 1.165) is 5.69 Å². The first kappa shape index (κ1) is 12.0. The second-order valence-corrected chi connectivity index (χ2v) is 3.76. The summed E-state index contributed by atoms with van der Waals surface area (Å²) in [5.74, 6) is -0.728. The molecule has 1 aromatic heterocycles. The van der Waals surface area contributed by atoms with Gasteiger partial charge in [0.2, 0.25) is 11.1 Å². The fourth-order valence-electron chi connectivity index (χ4n) is 1.55. The van der Waals surface area contributed by atoms with Gasteiger partial charge in [-0.3, -0.25) is 4.79 Å². The summed E-state index contributed by atoms with van der Waals surface area (Å²) in [7, 11) is 1.22. The summed E-state index contributed by atoms with van der Waals surface area (Å²) in [4.78, 5) is 23.2. The first-order valence-electron chi connectivity index (χ1n) is 5.38. The predicted octanol–water partition coefficient (Wildman–Crippen LogP) is 1.33. The number of esters is 1. The summed E-state index contributed by atoms with van der Waals surface area (Å²) in [5.41, 5.74) is 0.593. The van der Waals surface area contributed by atoms with Gasteiger partial charge in [0.1, 0.15) is 0 Å². The number of methoxy groups -OCH3 is 1. The third-order valence-electron chi connectivity index (χ3n) is 2.50. The largest absolute Gasteiger partial charge is 0.464 e. The number of ether oxygens (including phenoxy) is 1. The Morgan fingerprint density at radius 3 is 2.56 bits per heavy atom. The van der Waals surface area contributed by atoms with Crippen LogP contribution in [0.3, 0.4) is 0 Å². The zero-order chi connectivity index (χ0) is 13.1. The molecule has 5 nitrogen and oxygen atoms in total. The number of aromatic nitrogens is 2. The lowest BCUT2D eigenvalue weighted by Crippen LogP contribution is -2.24. The summed E-state index contributed by atoms with van der Waals surface area (Å²) in [5, 5.41) is 4.00. The van der Waals surface area contributed by atoms with Crippen molar-refractivity contribution in [3.63, 3.8) is 0 Å². The first-order chi connectivity index (χ1) is 8.63. The zero-order valence-corrected chi connectivity index (χ0v) is 10.1. The molecule has 0 unspecified atom stereocenters. The summed E-state index contributed by atoms with van der Waals surface area (Å²) in [6.07, 6.45) is 1.59. The monoisotopic (exact) mass is 244 g/mol. The van der Waals surface area contributed by atoms with Crippen molar-refractivity contribution < 1.29 is 9.53 Å². The number of hydrogen-bond donors (Lipinski definition) is 0. The van der Waals surface area contributed by atoms with Gasteiger partial charge >= 0.3 is 5.97 Å². The number of carbonyl (C=O) groups is 1. The van der Waals surface area contributed by atoms with E-state index in [-0.39, 0.29) is 5.69 Å². The fraction of sp³-hybridized carbons (Fsp3) is 0.154. The molecule has 2 aromatic rings. The maximum Gasteiger partial charge on any atom is 0.362 e. The Morgan fingerprint density at radius 1 is 1.28 bits per heavy atom. The smallest absolute Gasteiger partial charge is 0.362 e. The molecule has 0 aliphatic rings. The summed E-state index contributed by atoms with van der Waals surface area (Å²) in [6.45, 7) is 1.63. The molecule has 18 heavy (non-hydrogen) atoms. The number of rotatable bonds is 2. The molecule has 0 amide bonds. The molecule has 0 spiro atoms. The fourth-order valence-corrected chi connectivity index (χ4v) is 1.55. The molecule has 1 heterocycles. The maximum absolute atomic E-state index is 11.8. The highest BCUT2D eigenvalue weighted by atomic mass is 16.5. The van der Waals surface area contributed by atoms with E-state index in [2.05, 4.69) is 9.84 Å². The molecular formula is C13H12N2O3. The van der Waals surface area contributed by atoms with Crippen LogP contribution in [0.5, 0.6) is 0 Å². The number of nitrogens with zero attached hydrogens (tertiary/aromatic N) is 2. The highest BCUT2D eigenvalue weighted by Crippen LogP contribution is 2.05. The predicted molar refractivity (Wildman–Crippen MR) is 65.9 cm³/mol. The number of benzene rings is 1. The molecule has 1 aromatic carbocycles. The topological polar surface area (TPSA) is 61.2 Å². The summed E-state index contributed by atoms with van der Waals surface area (Å²) < 4.78 is 6.04. The molecule has 5 heteroatoms. The third kappa shape index (κ3) is 2.15. The van der Waals surface area contributed by atoms with Crippen LogP contribution in [0.15, 0.2) is 41.3 Å². The molecule has 0 aliphatic carbocycles. The van der Waals surface area contributed by atoms with Gasteiger partial charge < -0.3 is 4.74 Å². The van der Waals surface area contributed by atoms with E-state index in [4.69, 9.17) is 0 Å². The van der Waals surface area contributed by atoms with Crippen LogP contribution in [0.4, 0.5) is 0 Å². The lowest BCUT2D eigenvalue weighted by molar-refractivity contribution is 0.0590. The van der Waals surface area contributed by atoms with Gasteiger partial charge in [0, 0.05) is 11.8 Å². The second-order valence-electron chi connectivity index (χ2n) is 3.76. The molecule has 2 rings (SSSR count). The molecule has 0 saturated carbocycles. The molecule has 0 atom stereocenters. The van der Waals surface area contributed by atoms with Crippen molar-refractivity contribution >= 4 is 5.97 Å². The first-order valence-corrected chi connectivity index (χ1v) is 5.38. The molecule has 0 bridgehead atoms. The quantitative estimate of drug-likeness (QED) is 0.748. The van der Waals surface area contributed by atoms with Crippen molar-refractivity contribution in [2.24, 2.45) is 0 Å². The Labute approximate surface area is 104 Å². The standard InChI is InChI=1S/C13H12N2O3/c1-9-8-15(10-6-4-3-5-7-10)14-11(12(9)16)13(17)18-2/h3-8H,1-2H3. The Balaban J connectivity index is 2.62. The normalized spacial score (nSPS) is 10.1. The van der Waals surface area contributed by atoms with Gasteiger partial charge in [-0.05, 0) is 19.1 Å². The molecule has 0 aliphatic heterocycles. The molecule has 0 saturated heterocycles. The van der Waals surface area contributed by atoms with E-state index in [1.165, 1.54) is 11.8 Å². The molecule has 0 radical (unpaired) electrons. The maximum atomic E-state index is 11.8. The van der Waals surface area contributed by atoms with Crippen molar-refractivity contribution in [3.8, 4) is 5.69 Å². The minimum atomic E-state index is -0.728. The van der Waals surface area contributed by atoms with E-state index >= 15 is 0 Å². The van der Waals surface area contributed by atoms with Crippen LogP contribution in [0.1, 0.15) is 16.1 Å². The number of hydrogen-bond acceptors (Lipinski definition) is 4. The number of aryl methyl sites for hydroxylation is 1. The Morgan fingerprint density at radius 2 is 1.94 bits per heavy atom. The van der Waals surface area contributed by atoms with Crippen LogP contribution >= 0.6 is 0 Å². The van der Waals surface area contributed by atoms with Crippen LogP contribution in [0.25, 0.3) is 5.69 Å². The highest BCUT2D eigenvalue weighted by Gasteiger charge is 2.15. The van der Waals surface area contributed by atoms with E-state index in [1.54, 1.807) is 13.1 Å². The van der Waals surface area contributed by atoms with Crippen molar-refractivity contribution in [3.05, 3.63) is 58.0 Å². The minimum Gasteiger partial charge on any atom is -0.464 e. The van der Waals surface area contributed by atoms with Gasteiger partial charge in [-0.15, -0.1) is 0 Å². The Hall–Kier alpha value is -2.43. The van der Waals surface area contributed by atoms with Crippen LogP contribution < -0.4 is 5.43 Å².